The third-order valence-electron chi connectivity index (χ3n) is 2.31. The van der Waals surface area contributed by atoms with Crippen molar-refractivity contribution in [2.24, 2.45) is 0 Å². The monoisotopic (exact) mass is 234 g/mol. The number of benzene rings is 1. The van der Waals surface area contributed by atoms with Crippen LogP contribution in [-0.4, -0.2) is 16.0 Å². The summed E-state index contributed by atoms with van der Waals surface area (Å²) in [7, 11) is 0. The van der Waals surface area contributed by atoms with Crippen LogP contribution >= 0.6 is 0 Å². The lowest BCUT2D eigenvalue weighted by molar-refractivity contribution is 0.0990. The van der Waals surface area contributed by atoms with Gasteiger partial charge < -0.3 is 0 Å². The highest BCUT2D eigenvalue weighted by molar-refractivity contribution is 5.97. The zero-order valence-corrected chi connectivity index (χ0v) is 8.73. The molecule has 1 heterocycles. The summed E-state index contributed by atoms with van der Waals surface area (Å²) in [6, 6.07) is 4.95. The van der Waals surface area contributed by atoms with E-state index in [4.69, 9.17) is 0 Å². The Morgan fingerprint density at radius 1 is 1.12 bits per heavy atom. The minimum Gasteiger partial charge on any atom is -0.294 e. The maximum atomic E-state index is 13.3. The minimum absolute atomic E-state index is 0.227. The van der Waals surface area contributed by atoms with Crippen molar-refractivity contribution < 1.29 is 13.6 Å². The molecule has 0 amide bonds. The maximum Gasteiger partial charge on any atom is 0.169 e. The number of carbonyl (C=O) groups excluding carboxylic acids is 1. The zero-order valence-electron chi connectivity index (χ0n) is 8.73. The predicted molar refractivity (Wildman–Crippen MR) is 56.4 cm³/mol. The van der Waals surface area contributed by atoms with Crippen LogP contribution in [0.2, 0.25) is 0 Å². The van der Waals surface area contributed by atoms with Gasteiger partial charge in [-0.3, -0.25) is 4.79 Å². The molecule has 0 radical (unpaired) electrons. The van der Waals surface area contributed by atoms with Gasteiger partial charge in [-0.15, -0.1) is 0 Å². The first-order valence-corrected chi connectivity index (χ1v) is 4.91. The molecular formula is C12H8F2N2O. The highest BCUT2D eigenvalue weighted by Gasteiger charge is 2.14. The summed E-state index contributed by atoms with van der Waals surface area (Å²) in [6.07, 6.45) is 2.29. The molecule has 1 aromatic carbocycles. The normalized spacial score (nSPS) is 10.2. The Morgan fingerprint density at radius 2 is 1.82 bits per heavy atom. The third-order valence-corrected chi connectivity index (χ3v) is 2.31. The number of hydrogen-bond donors (Lipinski definition) is 0. The standard InChI is InChI=1S/C12H8F2N2O/c13-10-2-1-3-11(14)9(10)6-12(17)8-4-5-15-16-7-8/h1-5,7H,6H2. The molecule has 0 unspecified atom stereocenters. The van der Waals surface area contributed by atoms with E-state index in [0.29, 0.717) is 0 Å². The lowest BCUT2D eigenvalue weighted by atomic mass is 10.0. The van der Waals surface area contributed by atoms with Gasteiger partial charge in [-0.05, 0) is 18.2 Å². The van der Waals surface area contributed by atoms with Gasteiger partial charge in [-0.1, -0.05) is 6.07 Å². The van der Waals surface area contributed by atoms with E-state index >= 15 is 0 Å². The molecule has 0 saturated carbocycles. The number of nitrogens with zero attached hydrogens (tertiary/aromatic N) is 2. The topological polar surface area (TPSA) is 42.9 Å². The zero-order chi connectivity index (χ0) is 12.3. The van der Waals surface area contributed by atoms with Crippen LogP contribution in [-0.2, 0) is 6.42 Å². The molecule has 0 N–H and O–H groups in total. The van der Waals surface area contributed by atoms with Crippen LogP contribution < -0.4 is 0 Å². The highest BCUT2D eigenvalue weighted by atomic mass is 19.1. The van der Waals surface area contributed by atoms with Gasteiger partial charge in [-0.2, -0.15) is 10.2 Å². The van der Waals surface area contributed by atoms with Crippen LogP contribution in [0, 0.1) is 11.6 Å². The van der Waals surface area contributed by atoms with E-state index < -0.39 is 17.4 Å². The first-order valence-electron chi connectivity index (χ1n) is 4.91. The van der Waals surface area contributed by atoms with Gasteiger partial charge >= 0.3 is 0 Å². The molecule has 1 aromatic heterocycles. The molecule has 5 heteroatoms. The van der Waals surface area contributed by atoms with Crippen molar-refractivity contribution in [1.82, 2.24) is 10.2 Å². The van der Waals surface area contributed by atoms with Crippen molar-refractivity contribution in [3.8, 4) is 0 Å². The fourth-order valence-electron chi connectivity index (χ4n) is 1.42. The number of halogens is 2. The van der Waals surface area contributed by atoms with Crippen LogP contribution in [0.5, 0.6) is 0 Å². The first-order chi connectivity index (χ1) is 8.18. The molecule has 0 aliphatic rings. The second-order valence-electron chi connectivity index (χ2n) is 3.43. The van der Waals surface area contributed by atoms with Crippen molar-refractivity contribution in [2.75, 3.05) is 0 Å². The average Bonchev–Trinajstić information content (AvgIpc) is 2.35. The fourth-order valence-corrected chi connectivity index (χ4v) is 1.42. The molecule has 0 fully saturated rings. The van der Waals surface area contributed by atoms with Crippen LogP contribution in [0.4, 0.5) is 8.78 Å². The maximum absolute atomic E-state index is 13.3. The van der Waals surface area contributed by atoms with E-state index in [9.17, 15) is 13.6 Å². The third kappa shape index (κ3) is 2.50. The summed E-state index contributed by atoms with van der Waals surface area (Å²) >= 11 is 0. The van der Waals surface area contributed by atoms with Crippen molar-refractivity contribution in [3.05, 3.63) is 59.4 Å². The number of carbonyl (C=O) groups is 1. The van der Waals surface area contributed by atoms with Crippen LogP contribution in [0.3, 0.4) is 0 Å². The van der Waals surface area contributed by atoms with Crippen molar-refractivity contribution in [1.29, 1.82) is 0 Å². The van der Waals surface area contributed by atoms with E-state index in [0.717, 1.165) is 12.1 Å². The molecule has 0 aliphatic carbocycles. The number of hydrogen-bond acceptors (Lipinski definition) is 3. The molecule has 0 aliphatic heterocycles. The summed E-state index contributed by atoms with van der Waals surface area (Å²) in [6.45, 7) is 0. The van der Waals surface area contributed by atoms with Crippen molar-refractivity contribution >= 4 is 5.78 Å². The predicted octanol–water partition coefficient (Wildman–Crippen LogP) is 2.18. The molecule has 0 bridgehead atoms. The van der Waals surface area contributed by atoms with Crippen LogP contribution in [0.15, 0.2) is 36.7 Å². The molecule has 0 atom stereocenters. The highest BCUT2D eigenvalue weighted by Crippen LogP contribution is 2.14. The quantitative estimate of drug-likeness (QED) is 0.764. The summed E-state index contributed by atoms with van der Waals surface area (Å²) in [4.78, 5) is 11.7. The Bertz CT molecular complexity index is 523. The van der Waals surface area contributed by atoms with E-state index in [-0.39, 0.29) is 17.5 Å². The first kappa shape index (κ1) is 11.3. The Morgan fingerprint density at radius 3 is 2.41 bits per heavy atom. The van der Waals surface area contributed by atoms with E-state index in [1.807, 2.05) is 0 Å². The molecule has 0 spiro atoms. The largest absolute Gasteiger partial charge is 0.294 e. The molecule has 3 nitrogen and oxygen atoms in total. The summed E-state index contributed by atoms with van der Waals surface area (Å²) in [5.41, 5.74) is 0.0527. The van der Waals surface area contributed by atoms with Gasteiger partial charge in [0.1, 0.15) is 11.6 Å². The Hall–Kier alpha value is -2.17. The molecule has 0 saturated heterocycles. The van der Waals surface area contributed by atoms with Crippen LogP contribution in [0.1, 0.15) is 15.9 Å². The van der Waals surface area contributed by atoms with Gasteiger partial charge in [0.05, 0.1) is 12.4 Å². The Kier molecular flexibility index (Phi) is 3.18. The van der Waals surface area contributed by atoms with Gasteiger partial charge in [0.25, 0.3) is 0 Å². The molecule has 2 rings (SSSR count). The molecule has 86 valence electrons. The number of aromatic nitrogens is 2. The number of Topliss-reactive ketones (excluding diaryl/α,β-unsaturated/α-hetero) is 1. The molecule has 2 aromatic rings. The van der Waals surface area contributed by atoms with E-state index in [1.54, 1.807) is 0 Å². The molecule has 17 heavy (non-hydrogen) atoms. The van der Waals surface area contributed by atoms with Gasteiger partial charge in [0.2, 0.25) is 0 Å². The summed E-state index contributed by atoms with van der Waals surface area (Å²) < 4.78 is 26.6. The number of ketones is 1. The Labute approximate surface area is 96.1 Å². The number of rotatable bonds is 3. The van der Waals surface area contributed by atoms with Crippen molar-refractivity contribution in [2.45, 2.75) is 6.42 Å². The Balaban J connectivity index is 2.25. The van der Waals surface area contributed by atoms with Crippen LogP contribution in [0.25, 0.3) is 0 Å². The second kappa shape index (κ2) is 4.78. The fraction of sp³-hybridized carbons (Fsp3) is 0.0833. The minimum atomic E-state index is -0.722. The van der Waals surface area contributed by atoms with E-state index in [1.165, 1.54) is 24.5 Å². The smallest absolute Gasteiger partial charge is 0.169 e. The van der Waals surface area contributed by atoms with E-state index in [2.05, 4.69) is 10.2 Å². The second-order valence-corrected chi connectivity index (χ2v) is 3.43. The average molecular weight is 234 g/mol. The van der Waals surface area contributed by atoms with Gasteiger partial charge in [0, 0.05) is 17.5 Å². The van der Waals surface area contributed by atoms with Gasteiger partial charge in [-0.25, -0.2) is 8.78 Å². The SMILES string of the molecule is O=C(Cc1c(F)cccc1F)c1ccnnc1. The molecular weight excluding hydrogens is 226 g/mol. The van der Waals surface area contributed by atoms with Crippen molar-refractivity contribution in [3.63, 3.8) is 0 Å². The lowest BCUT2D eigenvalue weighted by Crippen LogP contribution is -2.07. The lowest BCUT2D eigenvalue weighted by Gasteiger charge is -2.03. The summed E-state index contributed by atoms with van der Waals surface area (Å²) in [5, 5.41) is 7.05. The summed E-state index contributed by atoms with van der Waals surface area (Å²) in [5.74, 6) is -1.84. The van der Waals surface area contributed by atoms with Gasteiger partial charge in [0.15, 0.2) is 5.78 Å².